The molecule has 1 aromatic heterocycles. The average molecular weight is 237 g/mol. The molecule has 0 saturated heterocycles. The molecule has 1 rings (SSSR count). The molecule has 0 bridgehead atoms. The van der Waals surface area contributed by atoms with E-state index in [-0.39, 0.29) is 5.91 Å². The van der Waals surface area contributed by atoms with Crippen LogP contribution in [0.5, 0.6) is 5.75 Å². The summed E-state index contributed by atoms with van der Waals surface area (Å²) in [6.45, 7) is 4.29. The van der Waals surface area contributed by atoms with Crippen LogP contribution in [0.4, 0.5) is 0 Å². The molecule has 0 aliphatic heterocycles. The number of hydrogen-bond donors (Lipinski definition) is 2. The molecule has 1 unspecified atom stereocenters. The van der Waals surface area contributed by atoms with Crippen molar-refractivity contribution < 1.29 is 9.53 Å². The highest BCUT2D eigenvalue weighted by Crippen LogP contribution is 2.17. The van der Waals surface area contributed by atoms with Gasteiger partial charge in [-0.05, 0) is 19.4 Å². The Morgan fingerprint density at radius 3 is 2.88 bits per heavy atom. The smallest absolute Gasteiger partial charge is 0.255 e. The van der Waals surface area contributed by atoms with Crippen LogP contribution in [0.25, 0.3) is 0 Å². The molecule has 1 atom stereocenters. The van der Waals surface area contributed by atoms with Gasteiger partial charge in [0.1, 0.15) is 5.75 Å². The Morgan fingerprint density at radius 2 is 2.35 bits per heavy atom. The van der Waals surface area contributed by atoms with E-state index in [9.17, 15) is 4.79 Å². The van der Waals surface area contributed by atoms with Gasteiger partial charge in [0.2, 0.25) is 0 Å². The topological polar surface area (TPSA) is 77.2 Å². The number of pyridine rings is 1. The summed E-state index contributed by atoms with van der Waals surface area (Å²) in [6.07, 6.45) is 3.84. The molecule has 17 heavy (non-hydrogen) atoms. The van der Waals surface area contributed by atoms with Gasteiger partial charge in [-0.15, -0.1) is 0 Å². The number of nitrogens with zero attached hydrogens (tertiary/aromatic N) is 1. The number of nitrogens with one attached hydrogen (secondary N) is 1. The molecule has 0 aromatic carbocycles. The van der Waals surface area contributed by atoms with Crippen LogP contribution in [0.2, 0.25) is 0 Å². The van der Waals surface area contributed by atoms with E-state index >= 15 is 0 Å². The van der Waals surface area contributed by atoms with Gasteiger partial charge in [-0.2, -0.15) is 0 Å². The Labute approximate surface area is 101 Å². The SMILES string of the molecule is CCC(C)(CN)NC(=O)c1ccncc1OC. The number of aromatic nitrogens is 1. The number of rotatable bonds is 5. The highest BCUT2D eigenvalue weighted by molar-refractivity contribution is 5.97. The van der Waals surface area contributed by atoms with Crippen LogP contribution >= 0.6 is 0 Å². The zero-order valence-corrected chi connectivity index (χ0v) is 10.5. The van der Waals surface area contributed by atoms with Crippen LogP contribution in [-0.2, 0) is 0 Å². The fourth-order valence-electron chi connectivity index (χ4n) is 1.36. The van der Waals surface area contributed by atoms with E-state index in [1.54, 1.807) is 12.3 Å². The van der Waals surface area contributed by atoms with Crippen LogP contribution < -0.4 is 15.8 Å². The Balaban J connectivity index is 2.90. The second-order valence-corrected chi connectivity index (χ2v) is 4.15. The number of carbonyl (C=O) groups excluding carboxylic acids is 1. The van der Waals surface area contributed by atoms with Crippen molar-refractivity contribution in [1.29, 1.82) is 0 Å². The first-order chi connectivity index (χ1) is 8.06. The highest BCUT2D eigenvalue weighted by Gasteiger charge is 2.24. The third-order valence-electron chi connectivity index (χ3n) is 2.90. The fourth-order valence-corrected chi connectivity index (χ4v) is 1.36. The number of hydrogen-bond acceptors (Lipinski definition) is 4. The van der Waals surface area contributed by atoms with E-state index in [1.165, 1.54) is 13.3 Å². The Bertz CT molecular complexity index is 389. The van der Waals surface area contributed by atoms with Crippen molar-refractivity contribution in [2.75, 3.05) is 13.7 Å². The first-order valence-corrected chi connectivity index (χ1v) is 5.57. The van der Waals surface area contributed by atoms with Crippen molar-refractivity contribution in [1.82, 2.24) is 10.3 Å². The quantitative estimate of drug-likeness (QED) is 0.799. The molecule has 0 fully saturated rings. The number of amides is 1. The molecule has 1 heterocycles. The summed E-state index contributed by atoms with van der Waals surface area (Å²) in [5.41, 5.74) is 5.73. The molecule has 94 valence electrons. The van der Waals surface area contributed by atoms with Gasteiger partial charge in [0.25, 0.3) is 5.91 Å². The molecule has 0 spiro atoms. The Hall–Kier alpha value is -1.62. The second kappa shape index (κ2) is 5.63. The summed E-state index contributed by atoms with van der Waals surface area (Å²) in [4.78, 5) is 16.0. The molecule has 5 heteroatoms. The van der Waals surface area contributed by atoms with Crippen molar-refractivity contribution in [2.45, 2.75) is 25.8 Å². The summed E-state index contributed by atoms with van der Waals surface area (Å²) in [5, 5.41) is 2.91. The Kier molecular flexibility index (Phi) is 4.45. The predicted octanol–water partition coefficient (Wildman–Crippen LogP) is 0.947. The van der Waals surface area contributed by atoms with Gasteiger partial charge in [-0.3, -0.25) is 9.78 Å². The molecule has 0 aliphatic carbocycles. The van der Waals surface area contributed by atoms with Gasteiger partial charge < -0.3 is 15.8 Å². The minimum Gasteiger partial charge on any atom is -0.494 e. The van der Waals surface area contributed by atoms with E-state index in [4.69, 9.17) is 10.5 Å². The van der Waals surface area contributed by atoms with Gasteiger partial charge in [0, 0.05) is 18.3 Å². The van der Waals surface area contributed by atoms with Crippen molar-refractivity contribution >= 4 is 5.91 Å². The first kappa shape index (κ1) is 13.4. The lowest BCUT2D eigenvalue weighted by atomic mass is 9.98. The normalized spacial score (nSPS) is 13.9. The number of ether oxygens (including phenoxy) is 1. The summed E-state index contributed by atoms with van der Waals surface area (Å²) in [5.74, 6) is 0.263. The predicted molar refractivity (Wildman–Crippen MR) is 66.0 cm³/mol. The summed E-state index contributed by atoms with van der Waals surface area (Å²) >= 11 is 0. The van der Waals surface area contributed by atoms with Crippen LogP contribution in [-0.4, -0.2) is 30.1 Å². The van der Waals surface area contributed by atoms with Crippen LogP contribution in [0, 0.1) is 0 Å². The molecule has 3 N–H and O–H groups in total. The van der Waals surface area contributed by atoms with Crippen molar-refractivity contribution in [3.05, 3.63) is 24.0 Å². The van der Waals surface area contributed by atoms with Crippen LogP contribution in [0.15, 0.2) is 18.5 Å². The monoisotopic (exact) mass is 237 g/mol. The maximum Gasteiger partial charge on any atom is 0.255 e. The summed E-state index contributed by atoms with van der Waals surface area (Å²) in [6, 6.07) is 1.63. The standard InChI is InChI=1S/C12H19N3O2/c1-4-12(2,8-13)15-11(16)9-5-6-14-7-10(9)17-3/h5-7H,4,8,13H2,1-3H3,(H,15,16). The minimum atomic E-state index is -0.397. The largest absolute Gasteiger partial charge is 0.494 e. The Morgan fingerprint density at radius 1 is 1.65 bits per heavy atom. The molecular formula is C12H19N3O2. The lowest BCUT2D eigenvalue weighted by Crippen LogP contribution is -2.50. The lowest BCUT2D eigenvalue weighted by molar-refractivity contribution is 0.0903. The molecule has 1 aromatic rings. The molecule has 0 aliphatic rings. The zero-order chi connectivity index (χ0) is 12.9. The van der Waals surface area contributed by atoms with Gasteiger partial charge >= 0.3 is 0 Å². The van der Waals surface area contributed by atoms with Crippen molar-refractivity contribution in [3.63, 3.8) is 0 Å². The molecule has 0 saturated carbocycles. The van der Waals surface area contributed by atoms with Gasteiger partial charge in [0.15, 0.2) is 0 Å². The molecular weight excluding hydrogens is 218 g/mol. The zero-order valence-electron chi connectivity index (χ0n) is 10.5. The first-order valence-electron chi connectivity index (χ1n) is 5.57. The van der Waals surface area contributed by atoms with E-state index in [0.717, 1.165) is 6.42 Å². The maximum absolute atomic E-state index is 12.1. The maximum atomic E-state index is 12.1. The molecule has 0 radical (unpaired) electrons. The van der Waals surface area contributed by atoms with E-state index < -0.39 is 5.54 Å². The van der Waals surface area contributed by atoms with Crippen molar-refractivity contribution in [2.24, 2.45) is 5.73 Å². The molecule has 1 amide bonds. The highest BCUT2D eigenvalue weighted by atomic mass is 16.5. The lowest BCUT2D eigenvalue weighted by Gasteiger charge is -2.28. The van der Waals surface area contributed by atoms with E-state index in [2.05, 4.69) is 10.3 Å². The second-order valence-electron chi connectivity index (χ2n) is 4.15. The van der Waals surface area contributed by atoms with E-state index in [1.807, 2.05) is 13.8 Å². The van der Waals surface area contributed by atoms with E-state index in [0.29, 0.717) is 17.9 Å². The van der Waals surface area contributed by atoms with Gasteiger partial charge in [-0.1, -0.05) is 6.92 Å². The summed E-state index contributed by atoms with van der Waals surface area (Å²) in [7, 11) is 1.51. The number of methoxy groups -OCH3 is 1. The van der Waals surface area contributed by atoms with Crippen LogP contribution in [0.3, 0.4) is 0 Å². The van der Waals surface area contributed by atoms with Gasteiger partial charge in [-0.25, -0.2) is 0 Å². The summed E-state index contributed by atoms with van der Waals surface area (Å²) < 4.78 is 5.09. The minimum absolute atomic E-state index is 0.195. The third kappa shape index (κ3) is 3.17. The third-order valence-corrected chi connectivity index (χ3v) is 2.90. The van der Waals surface area contributed by atoms with Crippen molar-refractivity contribution in [3.8, 4) is 5.75 Å². The van der Waals surface area contributed by atoms with Gasteiger partial charge in [0.05, 0.1) is 18.9 Å². The fraction of sp³-hybridized carbons (Fsp3) is 0.500. The number of nitrogens with two attached hydrogens (primary N) is 1. The average Bonchev–Trinajstić information content (AvgIpc) is 2.38. The van der Waals surface area contributed by atoms with Crippen LogP contribution in [0.1, 0.15) is 30.6 Å². The number of carbonyl (C=O) groups is 1. The molecule has 5 nitrogen and oxygen atoms in total.